The van der Waals surface area contributed by atoms with Gasteiger partial charge in [-0.25, -0.2) is 0 Å². The van der Waals surface area contributed by atoms with Crippen LogP contribution in [0.5, 0.6) is 0 Å². The molecule has 1 N–H and O–H groups in total. The first-order valence-corrected chi connectivity index (χ1v) is 9.78. The molecule has 2 aromatic carbocycles. The number of carbonyl (C=O) groups is 1. The second-order valence-corrected chi connectivity index (χ2v) is 7.60. The number of thioether (sulfide) groups is 1. The fraction of sp³-hybridized carbons (Fsp3) is 0.381. The smallest absolute Gasteiger partial charge is 0.238 e. The molecule has 0 spiro atoms. The summed E-state index contributed by atoms with van der Waals surface area (Å²) in [6.07, 6.45) is 7.28. The summed E-state index contributed by atoms with van der Waals surface area (Å²) in [6, 6.07) is 20.6. The molecule has 1 amide bonds. The Morgan fingerprint density at radius 3 is 2.08 bits per heavy atom. The number of hydrogen-bond acceptors (Lipinski definition) is 2. The maximum absolute atomic E-state index is 13.0. The zero-order chi connectivity index (χ0) is 16.6. The molecular weight excluding hydrogens is 314 g/mol. The van der Waals surface area contributed by atoms with Crippen molar-refractivity contribution >= 4 is 17.7 Å². The normalized spacial score (nSPS) is 17.0. The van der Waals surface area contributed by atoms with E-state index in [4.69, 9.17) is 0 Å². The van der Waals surface area contributed by atoms with E-state index in [2.05, 4.69) is 17.4 Å². The van der Waals surface area contributed by atoms with E-state index in [1.807, 2.05) is 48.5 Å². The minimum atomic E-state index is -0.197. The largest absolute Gasteiger partial charge is 0.352 e. The number of rotatable bonds is 5. The van der Waals surface area contributed by atoms with Gasteiger partial charge in [-0.2, -0.15) is 0 Å². The Labute approximate surface area is 149 Å². The number of benzene rings is 2. The molecule has 3 heteroatoms. The Morgan fingerprint density at radius 2 is 1.46 bits per heavy atom. The predicted octanol–water partition coefficient (Wildman–Crippen LogP) is 5.36. The highest BCUT2D eigenvalue weighted by Crippen LogP contribution is 2.35. The standard InChI is InChI=1S/C21H25NOS/c23-21(22-18-13-7-1-2-8-14-18)20(17-11-5-3-6-12-17)24-19-15-9-4-10-16-19/h3-6,9-12,15-16,18,20H,1-2,7-8,13-14H2,(H,22,23)/t20-/m1/s1. The molecule has 2 nitrogen and oxygen atoms in total. The molecule has 0 aliphatic heterocycles. The minimum Gasteiger partial charge on any atom is -0.352 e. The Kier molecular flexibility index (Phi) is 6.36. The van der Waals surface area contributed by atoms with Gasteiger partial charge in [-0.3, -0.25) is 4.79 Å². The summed E-state index contributed by atoms with van der Waals surface area (Å²) in [4.78, 5) is 14.1. The van der Waals surface area contributed by atoms with Crippen molar-refractivity contribution in [1.29, 1.82) is 0 Å². The van der Waals surface area contributed by atoms with Crippen molar-refractivity contribution in [2.45, 2.75) is 54.7 Å². The third-order valence-corrected chi connectivity index (χ3v) is 5.81. The van der Waals surface area contributed by atoms with Crippen LogP contribution in [-0.4, -0.2) is 11.9 Å². The van der Waals surface area contributed by atoms with Gasteiger partial charge in [0.05, 0.1) is 0 Å². The molecule has 0 bridgehead atoms. The average Bonchev–Trinajstić information content (AvgIpc) is 2.90. The van der Waals surface area contributed by atoms with Crippen LogP contribution in [0.15, 0.2) is 65.6 Å². The summed E-state index contributed by atoms with van der Waals surface area (Å²) in [7, 11) is 0. The molecule has 1 saturated carbocycles. The van der Waals surface area contributed by atoms with Gasteiger partial charge in [0.15, 0.2) is 0 Å². The van der Waals surface area contributed by atoms with Gasteiger partial charge in [-0.1, -0.05) is 74.2 Å². The lowest BCUT2D eigenvalue weighted by atomic mass is 10.1. The van der Waals surface area contributed by atoms with E-state index in [0.717, 1.165) is 23.3 Å². The van der Waals surface area contributed by atoms with E-state index in [1.54, 1.807) is 11.8 Å². The van der Waals surface area contributed by atoms with Crippen molar-refractivity contribution < 1.29 is 4.79 Å². The first kappa shape index (κ1) is 17.1. The van der Waals surface area contributed by atoms with E-state index in [0.29, 0.717) is 6.04 Å². The highest BCUT2D eigenvalue weighted by molar-refractivity contribution is 8.00. The van der Waals surface area contributed by atoms with Crippen molar-refractivity contribution in [2.24, 2.45) is 0 Å². The summed E-state index contributed by atoms with van der Waals surface area (Å²) in [6.45, 7) is 0. The highest BCUT2D eigenvalue weighted by atomic mass is 32.2. The summed E-state index contributed by atoms with van der Waals surface area (Å²) < 4.78 is 0. The summed E-state index contributed by atoms with van der Waals surface area (Å²) in [5.74, 6) is 0.141. The molecule has 0 unspecified atom stereocenters. The molecular formula is C21H25NOS. The third-order valence-electron chi connectivity index (χ3n) is 4.54. The van der Waals surface area contributed by atoms with Crippen molar-refractivity contribution in [3.8, 4) is 0 Å². The number of hydrogen-bond donors (Lipinski definition) is 1. The monoisotopic (exact) mass is 339 g/mol. The van der Waals surface area contributed by atoms with Crippen LogP contribution >= 0.6 is 11.8 Å². The molecule has 24 heavy (non-hydrogen) atoms. The summed E-state index contributed by atoms with van der Waals surface area (Å²) >= 11 is 1.63. The lowest BCUT2D eigenvalue weighted by Crippen LogP contribution is -2.37. The van der Waals surface area contributed by atoms with Gasteiger partial charge in [-0.05, 0) is 30.5 Å². The molecule has 1 aliphatic rings. The second-order valence-electron chi connectivity index (χ2n) is 6.42. The SMILES string of the molecule is O=C(NC1CCCCCC1)[C@H](Sc1ccccc1)c1ccccc1. The van der Waals surface area contributed by atoms with Gasteiger partial charge in [-0.15, -0.1) is 11.8 Å². The first-order valence-electron chi connectivity index (χ1n) is 8.90. The first-order chi connectivity index (χ1) is 11.8. The van der Waals surface area contributed by atoms with E-state index in [1.165, 1.54) is 25.7 Å². The van der Waals surface area contributed by atoms with Gasteiger partial charge >= 0.3 is 0 Å². The highest BCUT2D eigenvalue weighted by Gasteiger charge is 2.24. The van der Waals surface area contributed by atoms with Crippen molar-refractivity contribution in [1.82, 2.24) is 5.32 Å². The van der Waals surface area contributed by atoms with Crippen LogP contribution in [0.1, 0.15) is 49.3 Å². The summed E-state index contributed by atoms with van der Waals surface area (Å²) in [5.41, 5.74) is 1.07. The molecule has 2 aromatic rings. The fourth-order valence-corrected chi connectivity index (χ4v) is 4.29. The van der Waals surface area contributed by atoms with Gasteiger partial charge in [0.2, 0.25) is 5.91 Å². The molecule has 1 aliphatic carbocycles. The van der Waals surface area contributed by atoms with E-state index >= 15 is 0 Å². The van der Waals surface area contributed by atoms with Crippen LogP contribution in [0.3, 0.4) is 0 Å². The zero-order valence-electron chi connectivity index (χ0n) is 14.0. The van der Waals surface area contributed by atoms with E-state index in [-0.39, 0.29) is 11.2 Å². The van der Waals surface area contributed by atoms with Crippen LogP contribution in [0.25, 0.3) is 0 Å². The number of nitrogens with one attached hydrogen (secondary N) is 1. The molecule has 126 valence electrons. The molecule has 0 aromatic heterocycles. The topological polar surface area (TPSA) is 29.1 Å². The fourth-order valence-electron chi connectivity index (χ4n) is 3.24. The zero-order valence-corrected chi connectivity index (χ0v) is 14.8. The summed E-state index contributed by atoms with van der Waals surface area (Å²) in [5, 5.41) is 3.12. The van der Waals surface area contributed by atoms with Crippen LogP contribution in [0.2, 0.25) is 0 Å². The van der Waals surface area contributed by atoms with Crippen molar-refractivity contribution in [2.75, 3.05) is 0 Å². The van der Waals surface area contributed by atoms with Crippen LogP contribution in [0, 0.1) is 0 Å². The third kappa shape index (κ3) is 4.88. The second kappa shape index (κ2) is 8.93. The van der Waals surface area contributed by atoms with E-state index < -0.39 is 0 Å². The molecule has 1 fully saturated rings. The van der Waals surface area contributed by atoms with Crippen molar-refractivity contribution in [3.05, 3.63) is 66.2 Å². The van der Waals surface area contributed by atoms with Gasteiger partial charge in [0.1, 0.15) is 5.25 Å². The van der Waals surface area contributed by atoms with Crippen molar-refractivity contribution in [3.63, 3.8) is 0 Å². The minimum absolute atomic E-state index is 0.141. The quantitative estimate of drug-likeness (QED) is 0.587. The molecule has 3 rings (SSSR count). The molecule has 0 heterocycles. The maximum Gasteiger partial charge on any atom is 0.238 e. The Hall–Kier alpha value is -1.74. The van der Waals surface area contributed by atoms with Gasteiger partial charge in [0.25, 0.3) is 0 Å². The number of carbonyl (C=O) groups excluding carboxylic acids is 1. The maximum atomic E-state index is 13.0. The van der Waals surface area contributed by atoms with Gasteiger partial charge in [0, 0.05) is 10.9 Å². The molecule has 0 radical (unpaired) electrons. The van der Waals surface area contributed by atoms with Crippen LogP contribution in [-0.2, 0) is 4.79 Å². The predicted molar refractivity (Wildman–Crippen MR) is 101 cm³/mol. The Balaban J connectivity index is 1.74. The van der Waals surface area contributed by atoms with Gasteiger partial charge < -0.3 is 5.32 Å². The average molecular weight is 340 g/mol. The Bertz CT molecular complexity index is 621. The van der Waals surface area contributed by atoms with E-state index in [9.17, 15) is 4.79 Å². The van der Waals surface area contributed by atoms with Crippen LogP contribution in [0.4, 0.5) is 0 Å². The van der Waals surface area contributed by atoms with Crippen LogP contribution < -0.4 is 5.32 Å². The lowest BCUT2D eigenvalue weighted by Gasteiger charge is -2.22. The number of amides is 1. The lowest BCUT2D eigenvalue weighted by molar-refractivity contribution is -0.121. The Morgan fingerprint density at radius 1 is 0.875 bits per heavy atom. The molecule has 1 atom stereocenters. The molecule has 0 saturated heterocycles.